The lowest BCUT2D eigenvalue weighted by Crippen LogP contribution is -2.26. The Bertz CT molecular complexity index is 634. The Morgan fingerprint density at radius 1 is 1.50 bits per heavy atom. The van der Waals surface area contributed by atoms with E-state index in [2.05, 4.69) is 15.5 Å². The number of aromatic nitrogens is 2. The fraction of sp³-hybridized carbons (Fsp3) is 0.333. The van der Waals surface area contributed by atoms with E-state index in [1.54, 1.807) is 25.4 Å². The second-order valence-corrected chi connectivity index (χ2v) is 5.17. The third-order valence-corrected chi connectivity index (χ3v) is 3.19. The minimum atomic E-state index is -0.237. The summed E-state index contributed by atoms with van der Waals surface area (Å²) >= 11 is 1.21. The van der Waals surface area contributed by atoms with Gasteiger partial charge in [0.2, 0.25) is 5.91 Å². The van der Waals surface area contributed by atoms with Gasteiger partial charge in [-0.3, -0.25) is 9.59 Å². The predicted molar refractivity (Wildman–Crippen MR) is 73.5 cm³/mol. The van der Waals surface area contributed by atoms with Gasteiger partial charge < -0.3 is 14.7 Å². The Morgan fingerprint density at radius 2 is 2.25 bits per heavy atom. The van der Waals surface area contributed by atoms with Gasteiger partial charge in [-0.2, -0.15) is 0 Å². The third kappa shape index (κ3) is 3.41. The number of hydrogen-bond acceptors (Lipinski definition) is 6. The number of amides is 2. The second-order valence-electron chi connectivity index (χ2n) is 4.31. The lowest BCUT2D eigenvalue weighted by atomic mass is 10.3. The van der Waals surface area contributed by atoms with Crippen LogP contribution in [0.1, 0.15) is 28.9 Å². The standard InChI is InChI=1S/C12H14N4O3S/c1-7-4-9(15-19-7)5-16(3)11(18)10-6-20-12(14-10)13-8(2)17/h4,6H,5H2,1-3H3,(H,13,14,17). The highest BCUT2D eigenvalue weighted by Crippen LogP contribution is 2.17. The first-order chi connectivity index (χ1) is 9.45. The van der Waals surface area contributed by atoms with Crippen molar-refractivity contribution < 1.29 is 14.1 Å². The zero-order chi connectivity index (χ0) is 14.7. The van der Waals surface area contributed by atoms with Crippen molar-refractivity contribution >= 4 is 28.3 Å². The van der Waals surface area contributed by atoms with Crippen molar-refractivity contribution in [3.8, 4) is 0 Å². The summed E-state index contributed by atoms with van der Waals surface area (Å²) in [4.78, 5) is 28.6. The summed E-state index contributed by atoms with van der Waals surface area (Å²) in [6.45, 7) is 3.52. The Hall–Kier alpha value is -2.22. The minimum Gasteiger partial charge on any atom is -0.361 e. The van der Waals surface area contributed by atoms with Crippen molar-refractivity contribution in [2.24, 2.45) is 0 Å². The molecule has 0 atom stereocenters. The Balaban J connectivity index is 2.02. The summed E-state index contributed by atoms with van der Waals surface area (Å²) < 4.78 is 4.95. The molecule has 0 radical (unpaired) electrons. The van der Waals surface area contributed by atoms with Crippen LogP contribution in [0.2, 0.25) is 0 Å². The lowest BCUT2D eigenvalue weighted by Gasteiger charge is -2.13. The highest BCUT2D eigenvalue weighted by atomic mass is 32.1. The molecule has 0 saturated carbocycles. The summed E-state index contributed by atoms with van der Waals surface area (Å²) in [5, 5.41) is 8.39. The largest absolute Gasteiger partial charge is 0.361 e. The molecular formula is C12H14N4O3S. The van der Waals surface area contributed by atoms with Gasteiger partial charge >= 0.3 is 0 Å². The zero-order valence-corrected chi connectivity index (χ0v) is 12.2. The first-order valence-electron chi connectivity index (χ1n) is 5.86. The highest BCUT2D eigenvalue weighted by molar-refractivity contribution is 7.14. The molecule has 0 aliphatic rings. The van der Waals surface area contributed by atoms with Crippen LogP contribution < -0.4 is 5.32 Å². The zero-order valence-electron chi connectivity index (χ0n) is 11.3. The van der Waals surface area contributed by atoms with Crippen LogP contribution >= 0.6 is 11.3 Å². The molecule has 0 bridgehead atoms. The van der Waals surface area contributed by atoms with Crippen LogP contribution in [0, 0.1) is 6.92 Å². The molecule has 2 rings (SSSR count). The van der Waals surface area contributed by atoms with Crippen LogP contribution in [-0.2, 0) is 11.3 Å². The predicted octanol–water partition coefficient (Wildman–Crippen LogP) is 1.67. The molecule has 2 aromatic rings. The van der Waals surface area contributed by atoms with Gasteiger partial charge in [-0.25, -0.2) is 4.98 Å². The molecule has 0 aromatic carbocycles. The number of nitrogens with one attached hydrogen (secondary N) is 1. The van der Waals surface area contributed by atoms with Crippen LogP contribution in [0.4, 0.5) is 5.13 Å². The van der Waals surface area contributed by atoms with Crippen molar-refractivity contribution in [3.63, 3.8) is 0 Å². The molecule has 7 nitrogen and oxygen atoms in total. The highest BCUT2D eigenvalue weighted by Gasteiger charge is 2.17. The third-order valence-electron chi connectivity index (χ3n) is 2.43. The average Bonchev–Trinajstić information content (AvgIpc) is 2.97. The molecule has 0 aliphatic heterocycles. The SMILES string of the molecule is CC(=O)Nc1nc(C(=O)N(C)Cc2cc(C)on2)cs1. The molecule has 20 heavy (non-hydrogen) atoms. The number of carbonyl (C=O) groups excluding carboxylic acids is 2. The Labute approximate surface area is 119 Å². The number of hydrogen-bond donors (Lipinski definition) is 1. The number of nitrogens with zero attached hydrogens (tertiary/aromatic N) is 3. The van der Waals surface area contributed by atoms with Gasteiger partial charge in [-0.05, 0) is 6.92 Å². The van der Waals surface area contributed by atoms with Crippen LogP contribution in [0.3, 0.4) is 0 Å². The van der Waals surface area contributed by atoms with Crippen LogP contribution in [0.5, 0.6) is 0 Å². The number of aryl methyl sites for hydroxylation is 1. The van der Waals surface area contributed by atoms with Crippen LogP contribution in [0.25, 0.3) is 0 Å². The quantitative estimate of drug-likeness (QED) is 0.926. The van der Waals surface area contributed by atoms with Gasteiger partial charge in [-0.1, -0.05) is 5.16 Å². The maximum atomic E-state index is 12.2. The summed E-state index contributed by atoms with van der Waals surface area (Å²) in [5.74, 6) is 0.241. The molecule has 0 fully saturated rings. The molecule has 2 heterocycles. The number of thiazole rings is 1. The summed E-state index contributed by atoms with van der Waals surface area (Å²) in [7, 11) is 1.66. The maximum absolute atomic E-state index is 12.2. The lowest BCUT2D eigenvalue weighted by molar-refractivity contribution is -0.114. The molecular weight excluding hydrogens is 280 g/mol. The van der Waals surface area contributed by atoms with Crippen molar-refractivity contribution in [2.45, 2.75) is 20.4 Å². The first-order valence-corrected chi connectivity index (χ1v) is 6.74. The summed E-state index contributed by atoms with van der Waals surface area (Å²) in [6, 6.07) is 1.77. The fourth-order valence-corrected chi connectivity index (χ4v) is 2.31. The maximum Gasteiger partial charge on any atom is 0.273 e. The molecule has 0 saturated heterocycles. The van der Waals surface area contributed by atoms with E-state index >= 15 is 0 Å². The van der Waals surface area contributed by atoms with E-state index in [1.807, 2.05) is 0 Å². The van der Waals surface area contributed by atoms with Crippen LogP contribution in [0.15, 0.2) is 16.0 Å². The average molecular weight is 294 g/mol. The van der Waals surface area contributed by atoms with Gasteiger partial charge in [0.15, 0.2) is 5.13 Å². The monoisotopic (exact) mass is 294 g/mol. The molecule has 0 spiro atoms. The van der Waals surface area contributed by atoms with Crippen molar-refractivity contribution in [2.75, 3.05) is 12.4 Å². The first kappa shape index (κ1) is 14.2. The van der Waals surface area contributed by atoms with E-state index in [1.165, 1.54) is 23.2 Å². The number of rotatable bonds is 4. The van der Waals surface area contributed by atoms with Gasteiger partial charge in [0.05, 0.1) is 6.54 Å². The molecule has 2 aromatic heterocycles. The van der Waals surface area contributed by atoms with Gasteiger partial charge in [0, 0.05) is 25.4 Å². The van der Waals surface area contributed by atoms with Crippen LogP contribution in [-0.4, -0.2) is 33.9 Å². The topological polar surface area (TPSA) is 88.3 Å². The summed E-state index contributed by atoms with van der Waals surface area (Å²) in [5.41, 5.74) is 0.970. The van der Waals surface area contributed by atoms with Gasteiger partial charge in [0.1, 0.15) is 17.1 Å². The molecule has 8 heteroatoms. The van der Waals surface area contributed by atoms with E-state index in [4.69, 9.17) is 4.52 Å². The Kier molecular flexibility index (Phi) is 4.14. The van der Waals surface area contributed by atoms with E-state index in [9.17, 15) is 9.59 Å². The van der Waals surface area contributed by atoms with Crippen molar-refractivity contribution in [3.05, 3.63) is 28.6 Å². The smallest absolute Gasteiger partial charge is 0.273 e. The molecule has 0 aliphatic carbocycles. The fourth-order valence-electron chi connectivity index (χ4n) is 1.58. The molecule has 2 amide bonds. The van der Waals surface area contributed by atoms with Gasteiger partial charge in [0.25, 0.3) is 5.91 Å². The van der Waals surface area contributed by atoms with E-state index in [-0.39, 0.29) is 11.8 Å². The van der Waals surface area contributed by atoms with Gasteiger partial charge in [-0.15, -0.1) is 11.3 Å². The Morgan fingerprint density at radius 3 is 2.85 bits per heavy atom. The van der Waals surface area contributed by atoms with Crippen molar-refractivity contribution in [1.82, 2.24) is 15.0 Å². The molecule has 0 unspecified atom stereocenters. The minimum absolute atomic E-state index is 0.218. The van der Waals surface area contributed by atoms with E-state index in [0.717, 1.165) is 0 Å². The van der Waals surface area contributed by atoms with E-state index < -0.39 is 0 Å². The summed E-state index contributed by atoms with van der Waals surface area (Å²) in [6.07, 6.45) is 0. The molecule has 1 N–H and O–H groups in total. The molecule has 106 valence electrons. The number of carbonyl (C=O) groups is 2. The second kappa shape index (κ2) is 5.83. The van der Waals surface area contributed by atoms with E-state index in [0.29, 0.717) is 28.8 Å². The van der Waals surface area contributed by atoms with Crippen molar-refractivity contribution in [1.29, 1.82) is 0 Å². The normalized spacial score (nSPS) is 10.3. The number of anilines is 1.